The number of carboxylic acid groups (broad SMARTS) is 1. The monoisotopic (exact) mass is 455 g/mol. The van der Waals surface area contributed by atoms with E-state index in [1.165, 1.54) is 90.4 Å². The third-order valence-corrected chi connectivity index (χ3v) is 6.30. The molecule has 0 saturated carbocycles. The number of hydrogen-bond donors (Lipinski definition) is 0. The maximum absolute atomic E-state index is 11.5. The molecule has 0 aliphatic carbocycles. The highest BCUT2D eigenvalue weighted by atomic mass is 16.5. The highest BCUT2D eigenvalue weighted by Gasteiger charge is 2.23. The second-order valence-electron chi connectivity index (χ2n) is 10.3. The van der Waals surface area contributed by atoms with Crippen LogP contribution in [-0.4, -0.2) is 49.7 Å². The number of aliphatic carboxylic acids is 1. The lowest BCUT2D eigenvalue weighted by atomic mass is 10.0. The zero-order valence-electron chi connectivity index (χ0n) is 21.8. The van der Waals surface area contributed by atoms with Crippen LogP contribution in [-0.2, 0) is 14.3 Å². The van der Waals surface area contributed by atoms with Gasteiger partial charge in [-0.3, -0.25) is 4.79 Å². The van der Waals surface area contributed by atoms with Gasteiger partial charge in [-0.25, -0.2) is 0 Å². The fourth-order valence-corrected chi connectivity index (χ4v) is 4.44. The summed E-state index contributed by atoms with van der Waals surface area (Å²) in [4.78, 5) is 22.1. The molecule has 0 amide bonds. The van der Waals surface area contributed by atoms with Crippen molar-refractivity contribution in [2.24, 2.45) is 0 Å². The molecule has 0 N–H and O–H groups in total. The average molecular weight is 456 g/mol. The minimum absolute atomic E-state index is 0.0547. The largest absolute Gasteiger partial charge is 0.550 e. The van der Waals surface area contributed by atoms with Gasteiger partial charge in [0, 0.05) is 12.9 Å². The normalized spacial score (nSPS) is 12.6. The van der Waals surface area contributed by atoms with Gasteiger partial charge in [0.15, 0.2) is 6.10 Å². The third kappa shape index (κ3) is 22.1. The van der Waals surface area contributed by atoms with E-state index in [0.29, 0.717) is 6.42 Å². The average Bonchev–Trinajstić information content (AvgIpc) is 2.70. The van der Waals surface area contributed by atoms with Crippen LogP contribution < -0.4 is 5.11 Å². The summed E-state index contributed by atoms with van der Waals surface area (Å²) in [6.45, 7) is 5.41. The fraction of sp³-hybridized carbons (Fsp3) is 0.926. The number of quaternary nitrogens is 1. The van der Waals surface area contributed by atoms with Gasteiger partial charge in [0.05, 0.1) is 20.6 Å². The minimum atomic E-state index is -0.981. The Morgan fingerprint density at radius 1 is 0.750 bits per heavy atom. The summed E-state index contributed by atoms with van der Waals surface area (Å²) in [7, 11) is 4.25. The molecular formula is C27H53NO4. The van der Waals surface area contributed by atoms with Crippen molar-refractivity contribution in [2.45, 2.75) is 136 Å². The van der Waals surface area contributed by atoms with E-state index in [2.05, 4.69) is 21.0 Å². The summed E-state index contributed by atoms with van der Waals surface area (Å²) in [5.74, 6) is -1.19. The second-order valence-corrected chi connectivity index (χ2v) is 10.3. The molecule has 0 aliphatic rings. The quantitative estimate of drug-likeness (QED) is 0.111. The van der Waals surface area contributed by atoms with E-state index < -0.39 is 5.97 Å². The van der Waals surface area contributed by atoms with Crippen molar-refractivity contribution in [3.63, 3.8) is 0 Å². The zero-order valence-corrected chi connectivity index (χ0v) is 21.8. The maximum atomic E-state index is 11.5. The Labute approximate surface area is 198 Å². The number of unbranched alkanes of at least 4 members (excludes halogenated alkanes) is 14. The van der Waals surface area contributed by atoms with Crippen LogP contribution in [0.4, 0.5) is 0 Å². The number of nitrogens with zero attached hydrogens (tertiary/aromatic N) is 1. The van der Waals surface area contributed by atoms with Gasteiger partial charge in [0.25, 0.3) is 0 Å². The van der Waals surface area contributed by atoms with E-state index in [9.17, 15) is 14.7 Å². The van der Waals surface area contributed by atoms with Gasteiger partial charge in [-0.2, -0.15) is 0 Å². The lowest BCUT2D eigenvalue weighted by Gasteiger charge is -2.33. The molecule has 0 fully saturated rings. The molecule has 32 heavy (non-hydrogen) atoms. The van der Waals surface area contributed by atoms with E-state index in [1.54, 1.807) is 0 Å². The molecule has 190 valence electrons. The van der Waals surface area contributed by atoms with Crippen LogP contribution in [0.5, 0.6) is 0 Å². The highest BCUT2D eigenvalue weighted by molar-refractivity contribution is 5.66. The Balaban J connectivity index is 3.82. The first kappa shape index (κ1) is 30.9. The Bertz CT molecular complexity index is 465. The molecule has 0 spiro atoms. The number of carboxylic acids is 1. The summed E-state index contributed by atoms with van der Waals surface area (Å²) in [5, 5.41) is 10.6. The molecule has 0 aliphatic heterocycles. The number of esters is 1. The zero-order chi connectivity index (χ0) is 24.1. The summed E-state index contributed by atoms with van der Waals surface area (Å²) < 4.78 is 6.33. The maximum Gasteiger partial charge on any atom is 0.303 e. The van der Waals surface area contributed by atoms with E-state index in [1.807, 2.05) is 0 Å². The van der Waals surface area contributed by atoms with Crippen LogP contribution in [0, 0.1) is 0 Å². The highest BCUT2D eigenvalue weighted by Crippen LogP contribution is 2.16. The Hall–Kier alpha value is -1.10. The molecule has 0 aromatic heterocycles. The smallest absolute Gasteiger partial charge is 0.303 e. The van der Waals surface area contributed by atoms with Crippen molar-refractivity contribution in [3.05, 3.63) is 0 Å². The van der Waals surface area contributed by atoms with Crippen LogP contribution >= 0.6 is 0 Å². The predicted molar refractivity (Wildman–Crippen MR) is 131 cm³/mol. The van der Waals surface area contributed by atoms with Crippen molar-refractivity contribution >= 4 is 11.9 Å². The molecule has 5 heteroatoms. The first-order valence-corrected chi connectivity index (χ1v) is 13.5. The summed E-state index contributed by atoms with van der Waals surface area (Å²) >= 11 is 0. The van der Waals surface area contributed by atoms with Crippen LogP contribution in [0.15, 0.2) is 0 Å². The summed E-state index contributed by atoms with van der Waals surface area (Å²) in [5.41, 5.74) is 0. The molecular weight excluding hydrogens is 402 g/mol. The molecule has 0 aromatic rings. The van der Waals surface area contributed by atoms with E-state index in [0.717, 1.165) is 36.8 Å². The standard InChI is InChI=1S/C27H53NO4/c1-5-6-7-8-9-10-11-12-13-14-15-16-17-18-21-26(32-25(2)29)24-28(3,4)23-20-19-22-27(30)31/h26H,5-24H2,1-4H3. The topological polar surface area (TPSA) is 66.4 Å². The summed E-state index contributed by atoms with van der Waals surface area (Å²) in [6, 6.07) is 0. The number of hydrogen-bond acceptors (Lipinski definition) is 4. The van der Waals surface area contributed by atoms with Gasteiger partial charge in [-0.15, -0.1) is 0 Å². The van der Waals surface area contributed by atoms with Crippen molar-refractivity contribution in [1.82, 2.24) is 0 Å². The Morgan fingerprint density at radius 2 is 1.22 bits per heavy atom. The minimum Gasteiger partial charge on any atom is -0.550 e. The van der Waals surface area contributed by atoms with E-state index >= 15 is 0 Å². The lowest BCUT2D eigenvalue weighted by molar-refractivity contribution is -0.893. The van der Waals surface area contributed by atoms with Crippen molar-refractivity contribution in [1.29, 1.82) is 0 Å². The van der Waals surface area contributed by atoms with Gasteiger partial charge in [0.2, 0.25) is 0 Å². The van der Waals surface area contributed by atoms with Crippen molar-refractivity contribution in [2.75, 3.05) is 27.2 Å². The second kappa shape index (κ2) is 20.5. The number of ether oxygens (including phenoxy) is 1. The van der Waals surface area contributed by atoms with Crippen LogP contribution in [0.1, 0.15) is 129 Å². The number of likely N-dealkylation sites (N-methyl/N-ethyl adjacent to an activating group) is 1. The molecule has 0 aromatic carbocycles. The van der Waals surface area contributed by atoms with Crippen molar-refractivity contribution in [3.8, 4) is 0 Å². The third-order valence-electron chi connectivity index (χ3n) is 6.30. The number of carbonyl (C=O) groups excluding carboxylic acids is 2. The van der Waals surface area contributed by atoms with Gasteiger partial charge >= 0.3 is 5.97 Å². The molecule has 0 rings (SSSR count). The Kier molecular flexibility index (Phi) is 19.8. The molecule has 5 nitrogen and oxygen atoms in total. The first-order chi connectivity index (χ1) is 15.3. The number of carbonyl (C=O) groups is 2. The predicted octanol–water partition coefficient (Wildman–Crippen LogP) is 5.79. The Morgan fingerprint density at radius 3 is 1.66 bits per heavy atom. The molecule has 0 saturated heterocycles. The van der Waals surface area contributed by atoms with E-state index in [4.69, 9.17) is 4.74 Å². The fourth-order valence-electron chi connectivity index (χ4n) is 4.44. The number of rotatable bonds is 23. The molecule has 0 heterocycles. The van der Waals surface area contributed by atoms with Gasteiger partial charge in [0.1, 0.15) is 6.54 Å². The van der Waals surface area contributed by atoms with Crippen LogP contribution in [0.25, 0.3) is 0 Å². The SMILES string of the molecule is CCCCCCCCCCCCCCCCC(C[N+](C)(C)CCCCC(=O)[O-])OC(C)=O. The molecule has 0 bridgehead atoms. The van der Waals surface area contributed by atoms with Crippen LogP contribution in [0.3, 0.4) is 0 Å². The molecule has 1 atom stereocenters. The summed E-state index contributed by atoms with van der Waals surface area (Å²) in [6.07, 6.45) is 21.2. The van der Waals surface area contributed by atoms with Gasteiger partial charge < -0.3 is 19.1 Å². The van der Waals surface area contributed by atoms with E-state index in [-0.39, 0.29) is 18.5 Å². The van der Waals surface area contributed by atoms with Crippen LogP contribution in [0.2, 0.25) is 0 Å². The lowest BCUT2D eigenvalue weighted by Crippen LogP contribution is -2.47. The van der Waals surface area contributed by atoms with Crippen molar-refractivity contribution < 1.29 is 23.9 Å². The van der Waals surface area contributed by atoms with Gasteiger partial charge in [-0.1, -0.05) is 90.4 Å². The molecule has 1 unspecified atom stereocenters. The van der Waals surface area contributed by atoms with Gasteiger partial charge in [-0.05, 0) is 32.1 Å². The molecule has 0 radical (unpaired) electrons. The first-order valence-electron chi connectivity index (χ1n) is 13.5.